The Morgan fingerprint density at radius 1 is 1.45 bits per heavy atom. The summed E-state index contributed by atoms with van der Waals surface area (Å²) in [7, 11) is 0. The number of hydrogen-bond donors (Lipinski definition) is 2. The molecule has 0 saturated carbocycles. The van der Waals surface area contributed by atoms with Crippen LogP contribution in [-0.4, -0.2) is 16.9 Å². The minimum Gasteiger partial charge on any atom is -0.325 e. The molecule has 0 unspecified atom stereocenters. The van der Waals surface area contributed by atoms with E-state index in [0.717, 1.165) is 16.3 Å². The van der Waals surface area contributed by atoms with Crippen molar-refractivity contribution in [3.8, 4) is 10.6 Å². The van der Waals surface area contributed by atoms with Crippen LogP contribution in [0.1, 0.15) is 20.3 Å². The van der Waals surface area contributed by atoms with Crippen LogP contribution in [0.4, 0.5) is 5.69 Å². The smallest absolute Gasteiger partial charge is 0.241 e. The second-order valence-electron chi connectivity index (χ2n) is 5.14. The van der Waals surface area contributed by atoms with E-state index in [1.54, 1.807) is 17.5 Å². The third kappa shape index (κ3) is 3.88. The molecule has 0 aliphatic carbocycles. The van der Waals surface area contributed by atoms with Crippen molar-refractivity contribution in [2.75, 3.05) is 5.32 Å². The Kier molecular flexibility index (Phi) is 4.87. The molecule has 1 amide bonds. The van der Waals surface area contributed by atoms with Crippen molar-refractivity contribution in [1.29, 1.82) is 0 Å². The molecule has 5 heteroatoms. The van der Waals surface area contributed by atoms with Crippen LogP contribution in [0.3, 0.4) is 0 Å². The molecular formula is C15H19N3OS. The Bertz CT molecular complexity index is 566. The number of rotatable bonds is 5. The summed E-state index contributed by atoms with van der Waals surface area (Å²) in [6.45, 7) is 4.10. The molecule has 3 N–H and O–H groups in total. The number of nitrogens with one attached hydrogen (secondary N) is 1. The molecular weight excluding hydrogens is 270 g/mol. The summed E-state index contributed by atoms with van der Waals surface area (Å²) in [4.78, 5) is 16.3. The van der Waals surface area contributed by atoms with Crippen LogP contribution in [0.15, 0.2) is 35.8 Å². The van der Waals surface area contributed by atoms with Crippen LogP contribution in [0.2, 0.25) is 0 Å². The standard InChI is InChI=1S/C15H19N3OS/c1-10(2)8-13(16)14(19)18-12-5-3-4-11(9-12)15-17-6-7-20-15/h3-7,9-10,13H,8,16H2,1-2H3,(H,18,19)/t13-/m0/s1. The molecule has 2 rings (SSSR count). The van der Waals surface area contributed by atoms with Crippen LogP contribution in [-0.2, 0) is 4.79 Å². The highest BCUT2D eigenvalue weighted by Crippen LogP contribution is 2.24. The van der Waals surface area contributed by atoms with E-state index >= 15 is 0 Å². The molecule has 1 aromatic carbocycles. The molecule has 0 aliphatic rings. The van der Waals surface area contributed by atoms with Crippen molar-refractivity contribution in [2.45, 2.75) is 26.3 Å². The first-order chi connectivity index (χ1) is 9.56. The molecule has 4 nitrogen and oxygen atoms in total. The zero-order chi connectivity index (χ0) is 14.5. The van der Waals surface area contributed by atoms with Gasteiger partial charge < -0.3 is 11.1 Å². The van der Waals surface area contributed by atoms with Gasteiger partial charge in [0.1, 0.15) is 5.01 Å². The highest BCUT2D eigenvalue weighted by Gasteiger charge is 2.15. The first-order valence-corrected chi connectivity index (χ1v) is 7.50. The van der Waals surface area contributed by atoms with E-state index in [0.29, 0.717) is 12.3 Å². The summed E-state index contributed by atoms with van der Waals surface area (Å²) in [5, 5.41) is 5.73. The first kappa shape index (κ1) is 14.7. The number of nitrogens with two attached hydrogens (primary N) is 1. The number of benzene rings is 1. The zero-order valence-electron chi connectivity index (χ0n) is 11.7. The van der Waals surface area contributed by atoms with E-state index in [2.05, 4.69) is 24.1 Å². The molecule has 0 spiro atoms. The normalized spacial score (nSPS) is 12.4. The number of hydrogen-bond acceptors (Lipinski definition) is 4. The molecule has 20 heavy (non-hydrogen) atoms. The minimum absolute atomic E-state index is 0.144. The van der Waals surface area contributed by atoms with E-state index in [9.17, 15) is 4.79 Å². The molecule has 1 aromatic heterocycles. The van der Waals surface area contributed by atoms with Crippen molar-refractivity contribution < 1.29 is 4.79 Å². The number of nitrogens with zero attached hydrogens (tertiary/aromatic N) is 1. The number of aromatic nitrogens is 1. The monoisotopic (exact) mass is 289 g/mol. The molecule has 0 bridgehead atoms. The van der Waals surface area contributed by atoms with Crippen LogP contribution in [0.5, 0.6) is 0 Å². The molecule has 2 aromatic rings. The summed E-state index contributed by atoms with van der Waals surface area (Å²) in [5.41, 5.74) is 7.62. The fourth-order valence-corrected chi connectivity index (χ4v) is 2.58. The van der Waals surface area contributed by atoms with Crippen LogP contribution in [0.25, 0.3) is 10.6 Å². The van der Waals surface area contributed by atoms with E-state index in [4.69, 9.17) is 5.73 Å². The third-order valence-corrected chi connectivity index (χ3v) is 3.69. The summed E-state index contributed by atoms with van der Waals surface area (Å²) in [6.07, 6.45) is 2.45. The average Bonchev–Trinajstić information content (AvgIpc) is 2.92. The second kappa shape index (κ2) is 6.63. The second-order valence-corrected chi connectivity index (χ2v) is 6.04. The summed E-state index contributed by atoms with van der Waals surface area (Å²) >= 11 is 1.57. The number of thiazole rings is 1. The van der Waals surface area contributed by atoms with E-state index in [1.165, 1.54) is 0 Å². The van der Waals surface area contributed by atoms with Gasteiger partial charge in [0, 0.05) is 22.8 Å². The van der Waals surface area contributed by atoms with Crippen LogP contribution in [0, 0.1) is 5.92 Å². The van der Waals surface area contributed by atoms with Gasteiger partial charge in [-0.05, 0) is 24.5 Å². The van der Waals surface area contributed by atoms with Gasteiger partial charge in [-0.25, -0.2) is 4.98 Å². The predicted molar refractivity (Wildman–Crippen MR) is 83.6 cm³/mol. The summed E-state index contributed by atoms with van der Waals surface area (Å²) in [6, 6.07) is 7.18. The first-order valence-electron chi connectivity index (χ1n) is 6.62. The van der Waals surface area contributed by atoms with Gasteiger partial charge in [0.25, 0.3) is 0 Å². The van der Waals surface area contributed by atoms with Crippen molar-refractivity contribution in [3.05, 3.63) is 35.8 Å². The van der Waals surface area contributed by atoms with Crippen LogP contribution < -0.4 is 11.1 Å². The van der Waals surface area contributed by atoms with E-state index in [1.807, 2.05) is 29.6 Å². The quantitative estimate of drug-likeness (QED) is 0.888. The lowest BCUT2D eigenvalue weighted by atomic mass is 10.0. The Balaban J connectivity index is 2.07. The molecule has 0 fully saturated rings. The average molecular weight is 289 g/mol. The van der Waals surface area contributed by atoms with Crippen molar-refractivity contribution in [3.63, 3.8) is 0 Å². The molecule has 1 atom stereocenters. The Hall–Kier alpha value is -1.72. The molecule has 0 radical (unpaired) electrons. The van der Waals surface area contributed by atoms with Crippen molar-refractivity contribution >= 4 is 22.9 Å². The lowest BCUT2D eigenvalue weighted by molar-refractivity contribution is -0.117. The van der Waals surface area contributed by atoms with Gasteiger partial charge in [-0.15, -0.1) is 11.3 Å². The molecule has 0 aliphatic heterocycles. The number of anilines is 1. The summed E-state index contributed by atoms with van der Waals surface area (Å²) < 4.78 is 0. The van der Waals surface area contributed by atoms with Gasteiger partial charge in [-0.2, -0.15) is 0 Å². The van der Waals surface area contributed by atoms with Gasteiger partial charge >= 0.3 is 0 Å². The largest absolute Gasteiger partial charge is 0.325 e. The van der Waals surface area contributed by atoms with Gasteiger partial charge in [-0.3, -0.25) is 4.79 Å². The van der Waals surface area contributed by atoms with Gasteiger partial charge in [0.2, 0.25) is 5.91 Å². The maximum atomic E-state index is 12.0. The third-order valence-electron chi connectivity index (χ3n) is 2.87. The number of amides is 1. The minimum atomic E-state index is -0.474. The molecule has 106 valence electrons. The number of carbonyl (C=O) groups excluding carboxylic acids is 1. The lowest BCUT2D eigenvalue weighted by Crippen LogP contribution is -2.36. The lowest BCUT2D eigenvalue weighted by Gasteiger charge is -2.14. The molecule has 0 saturated heterocycles. The maximum Gasteiger partial charge on any atom is 0.241 e. The summed E-state index contributed by atoms with van der Waals surface area (Å²) in [5.74, 6) is 0.257. The predicted octanol–water partition coefficient (Wildman–Crippen LogP) is 3.12. The SMILES string of the molecule is CC(C)C[C@H](N)C(=O)Nc1cccc(-c2nccs2)c1. The van der Waals surface area contributed by atoms with Gasteiger partial charge in [0.15, 0.2) is 0 Å². The Morgan fingerprint density at radius 3 is 2.90 bits per heavy atom. The maximum absolute atomic E-state index is 12.0. The van der Waals surface area contributed by atoms with Crippen molar-refractivity contribution in [2.24, 2.45) is 11.7 Å². The highest BCUT2D eigenvalue weighted by molar-refractivity contribution is 7.13. The fourth-order valence-electron chi connectivity index (χ4n) is 1.95. The Morgan fingerprint density at radius 2 is 2.25 bits per heavy atom. The fraction of sp³-hybridized carbons (Fsp3) is 0.333. The van der Waals surface area contributed by atoms with Crippen LogP contribution >= 0.6 is 11.3 Å². The zero-order valence-corrected chi connectivity index (χ0v) is 12.5. The Labute approximate surface area is 123 Å². The van der Waals surface area contributed by atoms with Gasteiger partial charge in [-0.1, -0.05) is 26.0 Å². The highest BCUT2D eigenvalue weighted by atomic mass is 32.1. The van der Waals surface area contributed by atoms with E-state index < -0.39 is 6.04 Å². The topological polar surface area (TPSA) is 68.0 Å². The van der Waals surface area contributed by atoms with Crippen molar-refractivity contribution in [1.82, 2.24) is 4.98 Å². The van der Waals surface area contributed by atoms with Gasteiger partial charge in [0.05, 0.1) is 6.04 Å². The van der Waals surface area contributed by atoms with E-state index in [-0.39, 0.29) is 5.91 Å². The number of carbonyl (C=O) groups is 1. The molecule has 1 heterocycles.